The Kier molecular flexibility index (Phi) is 3.54. The van der Waals surface area contributed by atoms with E-state index in [9.17, 15) is 23.3 Å². The maximum absolute atomic E-state index is 12.4. The van der Waals surface area contributed by atoms with Crippen molar-refractivity contribution in [3.63, 3.8) is 0 Å². The number of benzene rings is 1. The standard InChI is InChI=1S/C8H5F3N4O2/c9-8(10,11)6-1-5(4-13-14-12)2-7(3-6)15(16)17/h1-3H,4H2. The van der Waals surface area contributed by atoms with E-state index in [1.54, 1.807) is 0 Å². The summed E-state index contributed by atoms with van der Waals surface area (Å²) in [5.41, 5.74) is 6.14. The minimum atomic E-state index is -4.68. The summed E-state index contributed by atoms with van der Waals surface area (Å²) in [6, 6.07) is 2.07. The van der Waals surface area contributed by atoms with Crippen molar-refractivity contribution in [3.05, 3.63) is 49.9 Å². The highest BCUT2D eigenvalue weighted by Crippen LogP contribution is 2.32. The van der Waals surface area contributed by atoms with Crippen LogP contribution in [0.3, 0.4) is 0 Å². The van der Waals surface area contributed by atoms with Crippen LogP contribution in [0.2, 0.25) is 0 Å². The molecular formula is C8H5F3N4O2. The third kappa shape index (κ3) is 3.35. The molecule has 0 heterocycles. The van der Waals surface area contributed by atoms with Crippen LogP contribution in [-0.4, -0.2) is 4.92 Å². The number of hydrogen-bond donors (Lipinski definition) is 0. The van der Waals surface area contributed by atoms with E-state index in [1.165, 1.54) is 0 Å². The van der Waals surface area contributed by atoms with Gasteiger partial charge in [0.05, 0.1) is 17.0 Å². The number of hydrogen-bond acceptors (Lipinski definition) is 3. The minimum Gasteiger partial charge on any atom is -0.258 e. The lowest BCUT2D eigenvalue weighted by atomic mass is 10.1. The van der Waals surface area contributed by atoms with Gasteiger partial charge in [0.1, 0.15) is 0 Å². The molecule has 9 heteroatoms. The fraction of sp³-hybridized carbons (Fsp3) is 0.250. The Morgan fingerprint density at radius 3 is 2.53 bits per heavy atom. The van der Waals surface area contributed by atoms with Crippen molar-refractivity contribution >= 4 is 5.69 Å². The quantitative estimate of drug-likeness (QED) is 0.268. The van der Waals surface area contributed by atoms with Crippen LogP contribution >= 0.6 is 0 Å². The van der Waals surface area contributed by atoms with Gasteiger partial charge in [-0.15, -0.1) is 0 Å². The molecule has 1 rings (SSSR count). The van der Waals surface area contributed by atoms with Crippen LogP contribution in [0.4, 0.5) is 18.9 Å². The van der Waals surface area contributed by atoms with Gasteiger partial charge in [0.15, 0.2) is 0 Å². The molecule has 0 saturated carbocycles. The predicted octanol–water partition coefficient (Wildman–Crippen LogP) is 3.42. The molecule has 0 spiro atoms. The lowest BCUT2D eigenvalue weighted by Gasteiger charge is -2.07. The Morgan fingerprint density at radius 1 is 1.41 bits per heavy atom. The molecule has 6 nitrogen and oxygen atoms in total. The lowest BCUT2D eigenvalue weighted by molar-refractivity contribution is -0.385. The zero-order chi connectivity index (χ0) is 13.1. The molecule has 1 aromatic rings. The molecule has 0 aliphatic heterocycles. The van der Waals surface area contributed by atoms with Crippen LogP contribution in [0.5, 0.6) is 0 Å². The second-order valence-electron chi connectivity index (χ2n) is 3.03. The molecular weight excluding hydrogens is 241 g/mol. The van der Waals surface area contributed by atoms with Crippen LogP contribution in [0.15, 0.2) is 23.3 Å². The molecule has 0 aromatic heterocycles. The van der Waals surface area contributed by atoms with Gasteiger partial charge < -0.3 is 0 Å². The normalized spacial score (nSPS) is 10.8. The third-order valence-electron chi connectivity index (χ3n) is 1.83. The van der Waals surface area contributed by atoms with E-state index in [1.807, 2.05) is 0 Å². The highest BCUT2D eigenvalue weighted by Gasteiger charge is 2.32. The molecule has 0 bridgehead atoms. The van der Waals surface area contributed by atoms with E-state index in [0.29, 0.717) is 12.1 Å². The zero-order valence-corrected chi connectivity index (χ0v) is 8.18. The van der Waals surface area contributed by atoms with Crippen LogP contribution in [0.1, 0.15) is 11.1 Å². The molecule has 0 radical (unpaired) electrons. The van der Waals surface area contributed by atoms with Crippen molar-refractivity contribution in [1.82, 2.24) is 0 Å². The third-order valence-corrected chi connectivity index (χ3v) is 1.83. The summed E-state index contributed by atoms with van der Waals surface area (Å²) in [6.45, 7) is -0.374. The van der Waals surface area contributed by atoms with Crippen molar-refractivity contribution in [2.24, 2.45) is 5.11 Å². The molecule has 0 atom stereocenters. The van der Waals surface area contributed by atoms with Crippen molar-refractivity contribution < 1.29 is 18.1 Å². The number of alkyl halides is 3. The Bertz CT molecular complexity index is 494. The van der Waals surface area contributed by atoms with Crippen LogP contribution < -0.4 is 0 Å². The number of non-ortho nitro benzene ring substituents is 1. The lowest BCUT2D eigenvalue weighted by Crippen LogP contribution is -2.06. The van der Waals surface area contributed by atoms with Crippen LogP contribution in [-0.2, 0) is 12.7 Å². The molecule has 0 aliphatic rings. The van der Waals surface area contributed by atoms with Gasteiger partial charge in [-0.2, -0.15) is 13.2 Å². The number of nitro benzene ring substituents is 1. The average Bonchev–Trinajstić information content (AvgIpc) is 2.24. The summed E-state index contributed by atoms with van der Waals surface area (Å²) < 4.78 is 37.2. The smallest absolute Gasteiger partial charge is 0.258 e. The van der Waals surface area contributed by atoms with Gasteiger partial charge in [-0.1, -0.05) is 5.11 Å². The minimum absolute atomic E-state index is 0.0654. The monoisotopic (exact) mass is 246 g/mol. The molecule has 90 valence electrons. The number of rotatable bonds is 3. The maximum Gasteiger partial charge on any atom is 0.416 e. The fourth-order valence-corrected chi connectivity index (χ4v) is 1.15. The van der Waals surface area contributed by atoms with Gasteiger partial charge in [0.2, 0.25) is 0 Å². The Labute approximate surface area is 92.4 Å². The average molecular weight is 246 g/mol. The second kappa shape index (κ2) is 4.71. The highest BCUT2D eigenvalue weighted by atomic mass is 19.4. The van der Waals surface area contributed by atoms with Crippen LogP contribution in [0.25, 0.3) is 10.4 Å². The largest absolute Gasteiger partial charge is 0.416 e. The summed E-state index contributed by atoms with van der Waals surface area (Å²) in [5, 5.41) is 13.5. The summed E-state index contributed by atoms with van der Waals surface area (Å²) in [5.74, 6) is 0. The molecule has 17 heavy (non-hydrogen) atoms. The van der Waals surface area contributed by atoms with Gasteiger partial charge in [-0.3, -0.25) is 10.1 Å². The SMILES string of the molecule is [N-]=[N+]=NCc1cc([N+](=O)[O-])cc(C(F)(F)F)c1. The van der Waals surface area contributed by atoms with Gasteiger partial charge in [0, 0.05) is 17.0 Å². The van der Waals surface area contributed by atoms with E-state index in [-0.39, 0.29) is 12.1 Å². The van der Waals surface area contributed by atoms with E-state index in [2.05, 4.69) is 10.0 Å². The first kappa shape index (κ1) is 12.8. The Hall–Kier alpha value is -2.28. The summed E-state index contributed by atoms with van der Waals surface area (Å²) in [7, 11) is 0. The van der Waals surface area contributed by atoms with Gasteiger partial charge in [-0.05, 0) is 17.2 Å². The summed E-state index contributed by atoms with van der Waals surface area (Å²) >= 11 is 0. The van der Waals surface area contributed by atoms with E-state index >= 15 is 0 Å². The number of halogens is 3. The maximum atomic E-state index is 12.4. The molecule has 0 unspecified atom stereocenters. The predicted molar refractivity (Wildman–Crippen MR) is 50.9 cm³/mol. The first-order valence-electron chi connectivity index (χ1n) is 4.21. The van der Waals surface area contributed by atoms with Gasteiger partial charge >= 0.3 is 6.18 Å². The Morgan fingerprint density at radius 2 is 2.06 bits per heavy atom. The fourth-order valence-electron chi connectivity index (χ4n) is 1.15. The second-order valence-corrected chi connectivity index (χ2v) is 3.03. The van der Waals surface area contributed by atoms with Crippen LogP contribution in [0, 0.1) is 10.1 Å². The van der Waals surface area contributed by atoms with Gasteiger partial charge in [-0.25, -0.2) is 0 Å². The molecule has 0 N–H and O–H groups in total. The number of nitro groups is 1. The van der Waals surface area contributed by atoms with Crippen molar-refractivity contribution in [2.45, 2.75) is 12.7 Å². The Balaban J connectivity index is 3.28. The number of azide groups is 1. The highest BCUT2D eigenvalue weighted by molar-refractivity contribution is 5.40. The van der Waals surface area contributed by atoms with Crippen molar-refractivity contribution in [1.29, 1.82) is 0 Å². The zero-order valence-electron chi connectivity index (χ0n) is 8.18. The van der Waals surface area contributed by atoms with Gasteiger partial charge in [0.25, 0.3) is 5.69 Å². The summed E-state index contributed by atoms with van der Waals surface area (Å²) in [4.78, 5) is 11.9. The molecule has 0 amide bonds. The molecule has 0 saturated heterocycles. The van der Waals surface area contributed by atoms with E-state index in [4.69, 9.17) is 5.53 Å². The van der Waals surface area contributed by atoms with E-state index < -0.39 is 22.4 Å². The summed E-state index contributed by atoms with van der Waals surface area (Å²) in [6.07, 6.45) is -4.68. The topological polar surface area (TPSA) is 91.9 Å². The molecule has 0 fully saturated rings. The molecule has 1 aromatic carbocycles. The van der Waals surface area contributed by atoms with Crippen molar-refractivity contribution in [3.8, 4) is 0 Å². The molecule has 0 aliphatic carbocycles. The van der Waals surface area contributed by atoms with Crippen molar-refractivity contribution in [2.75, 3.05) is 0 Å². The first-order chi connectivity index (χ1) is 7.84. The number of nitrogens with zero attached hydrogens (tertiary/aromatic N) is 4. The first-order valence-corrected chi connectivity index (χ1v) is 4.21. The van der Waals surface area contributed by atoms with E-state index in [0.717, 1.165) is 6.07 Å².